The first-order valence-corrected chi connectivity index (χ1v) is 5.88. The molecule has 92 valence electrons. The third kappa shape index (κ3) is 2.04. The molecular weight excluding hydrogens is 238 g/mol. The molecule has 0 saturated carbocycles. The van der Waals surface area contributed by atoms with E-state index in [1.54, 1.807) is 6.07 Å². The monoisotopic (exact) mass is 249 g/mol. The highest BCUT2D eigenvalue weighted by molar-refractivity contribution is 5.92. The smallest absolute Gasteiger partial charge is 0.312 e. The van der Waals surface area contributed by atoms with Crippen LogP contribution >= 0.6 is 0 Å². The molecule has 3 aromatic rings. The summed E-state index contributed by atoms with van der Waals surface area (Å²) in [6.07, 6.45) is 0. The van der Waals surface area contributed by atoms with E-state index in [2.05, 4.69) is 9.97 Å². The number of rotatable bonds is 1. The lowest BCUT2D eigenvalue weighted by molar-refractivity contribution is 1.27. The Morgan fingerprint density at radius 2 is 1.53 bits per heavy atom. The maximum absolute atomic E-state index is 11.7. The Hall–Kier alpha value is -2.75. The second kappa shape index (κ2) is 4.49. The largest absolute Gasteiger partial charge is 0.379 e. The molecule has 0 amide bonds. The van der Waals surface area contributed by atoms with Crippen LogP contribution in [0.2, 0.25) is 0 Å². The van der Waals surface area contributed by atoms with E-state index in [0.29, 0.717) is 11.2 Å². The molecule has 0 saturated heterocycles. The van der Waals surface area contributed by atoms with E-state index in [1.165, 1.54) is 0 Å². The minimum Gasteiger partial charge on any atom is -0.379 e. The molecule has 0 bridgehead atoms. The van der Waals surface area contributed by atoms with Gasteiger partial charge in [-0.15, -0.1) is 0 Å². The zero-order valence-electron chi connectivity index (χ0n) is 10.1. The van der Waals surface area contributed by atoms with E-state index < -0.39 is 5.56 Å². The van der Waals surface area contributed by atoms with Crippen molar-refractivity contribution in [2.45, 2.75) is 0 Å². The zero-order valence-corrected chi connectivity index (χ0v) is 10.1. The molecule has 0 unspecified atom stereocenters. The van der Waals surface area contributed by atoms with E-state index >= 15 is 0 Å². The third-order valence-electron chi connectivity index (χ3n) is 2.88. The predicted molar refractivity (Wildman–Crippen MR) is 75.7 cm³/mol. The number of hydrogen-bond donors (Lipinski definition) is 1. The molecule has 3 rings (SSSR count). The average Bonchev–Trinajstić information content (AvgIpc) is 2.58. The first kappa shape index (κ1) is 11.3. The summed E-state index contributed by atoms with van der Waals surface area (Å²) in [7, 11) is 0. The molecule has 0 aliphatic carbocycles. The molecule has 1 aromatic heterocycles. The molecule has 1 heterocycles. The van der Waals surface area contributed by atoms with Gasteiger partial charge in [-0.05, 0) is 6.07 Å². The van der Waals surface area contributed by atoms with Crippen molar-refractivity contribution >= 4 is 16.7 Å². The lowest BCUT2D eigenvalue weighted by Crippen LogP contribution is -2.09. The van der Waals surface area contributed by atoms with Crippen LogP contribution < -0.4 is 11.3 Å². The van der Waals surface area contributed by atoms with Gasteiger partial charge >= 0.3 is 5.56 Å². The SMILES string of the molecule is Nc1nc(-c2ccccc2)c2ccccc2nc1=O. The van der Waals surface area contributed by atoms with Gasteiger partial charge in [-0.3, -0.25) is 4.79 Å². The molecule has 19 heavy (non-hydrogen) atoms. The highest BCUT2D eigenvalue weighted by Gasteiger charge is 2.07. The molecule has 0 aliphatic rings. The van der Waals surface area contributed by atoms with Crippen molar-refractivity contribution in [1.82, 2.24) is 9.97 Å². The fourth-order valence-corrected chi connectivity index (χ4v) is 1.98. The number of hydrogen-bond acceptors (Lipinski definition) is 4. The van der Waals surface area contributed by atoms with Crippen molar-refractivity contribution in [3.05, 3.63) is 65.0 Å². The van der Waals surface area contributed by atoms with Crippen LogP contribution in [0, 0.1) is 0 Å². The number of benzene rings is 2. The number of nitrogens with two attached hydrogens (primary N) is 1. The molecule has 0 fully saturated rings. The lowest BCUT2D eigenvalue weighted by Gasteiger charge is -2.00. The lowest BCUT2D eigenvalue weighted by atomic mass is 10.1. The van der Waals surface area contributed by atoms with Crippen LogP contribution in [0.1, 0.15) is 0 Å². The Labute approximate surface area is 109 Å². The molecule has 0 aliphatic heterocycles. The second-order valence-electron chi connectivity index (χ2n) is 4.15. The molecule has 2 aromatic carbocycles. The van der Waals surface area contributed by atoms with Crippen LogP contribution in [0.4, 0.5) is 5.82 Å². The molecule has 4 nitrogen and oxygen atoms in total. The quantitative estimate of drug-likeness (QED) is 0.718. The van der Waals surface area contributed by atoms with Gasteiger partial charge in [0.15, 0.2) is 5.82 Å². The maximum atomic E-state index is 11.7. The summed E-state index contributed by atoms with van der Waals surface area (Å²) < 4.78 is 0. The Kier molecular flexibility index (Phi) is 2.68. The molecule has 0 spiro atoms. The number of anilines is 1. The summed E-state index contributed by atoms with van der Waals surface area (Å²) in [5.74, 6) is -0.0879. The second-order valence-corrected chi connectivity index (χ2v) is 4.15. The van der Waals surface area contributed by atoms with Gasteiger partial charge in [-0.25, -0.2) is 9.97 Å². The fourth-order valence-electron chi connectivity index (χ4n) is 1.98. The third-order valence-corrected chi connectivity index (χ3v) is 2.88. The van der Waals surface area contributed by atoms with Crippen LogP contribution in [-0.2, 0) is 0 Å². The predicted octanol–water partition coefficient (Wildman–Crippen LogP) is 2.24. The van der Waals surface area contributed by atoms with Gasteiger partial charge in [-0.1, -0.05) is 48.5 Å². The summed E-state index contributed by atoms with van der Waals surface area (Å²) in [6, 6.07) is 17.0. The number of aromatic nitrogens is 2. The van der Waals surface area contributed by atoms with Gasteiger partial charge in [0, 0.05) is 10.9 Å². The Balaban J connectivity index is 2.48. The van der Waals surface area contributed by atoms with E-state index in [1.807, 2.05) is 48.5 Å². The number of nitrogens with zero attached hydrogens (tertiary/aromatic N) is 2. The molecule has 0 radical (unpaired) electrons. The van der Waals surface area contributed by atoms with Gasteiger partial charge in [0.05, 0.1) is 11.2 Å². The number of para-hydroxylation sites is 1. The topological polar surface area (TPSA) is 68.9 Å². The van der Waals surface area contributed by atoms with Crippen molar-refractivity contribution in [3.8, 4) is 11.3 Å². The fraction of sp³-hybridized carbons (Fsp3) is 0. The first-order chi connectivity index (χ1) is 9.25. The Bertz CT molecular complexity index is 801. The Morgan fingerprint density at radius 1 is 0.842 bits per heavy atom. The van der Waals surface area contributed by atoms with Gasteiger partial charge in [0.1, 0.15) is 0 Å². The minimum absolute atomic E-state index is 0.0879. The zero-order chi connectivity index (χ0) is 13.2. The van der Waals surface area contributed by atoms with Crippen LogP contribution in [0.3, 0.4) is 0 Å². The molecule has 0 atom stereocenters. The average molecular weight is 249 g/mol. The van der Waals surface area contributed by atoms with Crippen molar-refractivity contribution in [3.63, 3.8) is 0 Å². The summed E-state index contributed by atoms with van der Waals surface area (Å²) in [4.78, 5) is 19.9. The van der Waals surface area contributed by atoms with Crippen LogP contribution in [0.25, 0.3) is 22.2 Å². The number of nitrogen functional groups attached to an aromatic ring is 1. The highest BCUT2D eigenvalue weighted by Crippen LogP contribution is 2.24. The molecular formula is C15H11N3O. The van der Waals surface area contributed by atoms with Gasteiger partial charge in [-0.2, -0.15) is 0 Å². The maximum Gasteiger partial charge on any atom is 0.312 e. The van der Waals surface area contributed by atoms with Crippen molar-refractivity contribution in [2.75, 3.05) is 5.73 Å². The minimum atomic E-state index is -0.501. The van der Waals surface area contributed by atoms with E-state index in [-0.39, 0.29) is 5.82 Å². The standard InChI is InChI=1S/C15H11N3O/c16-14-15(19)17-12-9-5-4-8-11(12)13(18-14)10-6-2-1-3-7-10/h1-9H,(H2,16,17,18,19). The molecule has 4 heteroatoms. The van der Waals surface area contributed by atoms with Crippen molar-refractivity contribution in [2.24, 2.45) is 0 Å². The van der Waals surface area contributed by atoms with Gasteiger partial charge < -0.3 is 5.73 Å². The van der Waals surface area contributed by atoms with Gasteiger partial charge in [0.2, 0.25) is 0 Å². The normalized spacial score (nSPS) is 10.5. The summed E-state index contributed by atoms with van der Waals surface area (Å²) in [6.45, 7) is 0. The van der Waals surface area contributed by atoms with E-state index in [9.17, 15) is 4.79 Å². The van der Waals surface area contributed by atoms with E-state index in [0.717, 1.165) is 10.9 Å². The summed E-state index contributed by atoms with van der Waals surface area (Å²) >= 11 is 0. The highest BCUT2D eigenvalue weighted by atomic mass is 16.1. The van der Waals surface area contributed by atoms with Crippen LogP contribution in [0.15, 0.2) is 59.4 Å². The van der Waals surface area contributed by atoms with E-state index in [4.69, 9.17) is 5.73 Å². The summed E-state index contributed by atoms with van der Waals surface area (Å²) in [5, 5.41) is 0.808. The summed E-state index contributed by atoms with van der Waals surface area (Å²) in [5.41, 5.74) is 7.34. The Morgan fingerprint density at radius 3 is 2.32 bits per heavy atom. The van der Waals surface area contributed by atoms with Crippen molar-refractivity contribution < 1.29 is 0 Å². The molecule has 2 N–H and O–H groups in total. The first-order valence-electron chi connectivity index (χ1n) is 5.88. The number of fused-ring (bicyclic) bond motifs is 1. The van der Waals surface area contributed by atoms with Crippen molar-refractivity contribution in [1.29, 1.82) is 0 Å². The van der Waals surface area contributed by atoms with Crippen LogP contribution in [-0.4, -0.2) is 9.97 Å². The van der Waals surface area contributed by atoms with Gasteiger partial charge in [0.25, 0.3) is 0 Å². The van der Waals surface area contributed by atoms with Crippen LogP contribution in [0.5, 0.6) is 0 Å².